The zero-order valence-corrected chi connectivity index (χ0v) is 37.0. The van der Waals surface area contributed by atoms with Crippen LogP contribution in [0.4, 0.5) is 0 Å². The molecule has 0 heterocycles. The Morgan fingerprint density at radius 3 is 0.955 bits per heavy atom. The van der Waals surface area contributed by atoms with E-state index in [-0.39, 0.29) is 22.0 Å². The van der Waals surface area contributed by atoms with Crippen LogP contribution in [0.3, 0.4) is 0 Å². The topological polar surface area (TPSA) is 97.0 Å². The second-order valence-corrected chi connectivity index (χ2v) is 38.8. The van der Waals surface area contributed by atoms with Crippen LogP contribution in [-0.2, 0) is 14.4 Å². The van der Waals surface area contributed by atoms with Crippen molar-refractivity contribution in [2.75, 3.05) is 21.1 Å². The molecular weight excluding hydrogens is 649 g/mol. The van der Waals surface area contributed by atoms with Gasteiger partial charge in [0, 0.05) is 20.8 Å². The molecule has 0 aromatic carbocycles. The number of amides is 3. The van der Waals surface area contributed by atoms with Crippen molar-refractivity contribution in [2.24, 2.45) is 0 Å². The summed E-state index contributed by atoms with van der Waals surface area (Å²) < 4.78 is 6.55. The molecule has 9 nitrogen and oxygen atoms in total. The maximum Gasteiger partial charge on any atom is 0.211 e. The fourth-order valence-electron chi connectivity index (χ4n) is 8.40. The molecule has 3 aliphatic rings. The lowest BCUT2D eigenvalue weighted by molar-refractivity contribution is -0.124. The molecule has 15 heteroatoms. The normalized spacial score (nSPS) is 23.2. The van der Waals surface area contributed by atoms with Gasteiger partial charge in [-0.15, -0.1) is 0 Å². The lowest BCUT2D eigenvalue weighted by Crippen LogP contribution is -2.76. The molecule has 3 rings (SSSR count). The third kappa shape index (κ3) is 10.6. The maximum atomic E-state index is 13.4. The summed E-state index contributed by atoms with van der Waals surface area (Å²) in [6.45, 7) is 7.79. The Balaban J connectivity index is 2.10. The van der Waals surface area contributed by atoms with Gasteiger partial charge in [0.05, 0.1) is 0 Å². The van der Waals surface area contributed by atoms with Gasteiger partial charge in [0.1, 0.15) is 53.0 Å². The molecule has 3 saturated carbocycles. The van der Waals surface area contributed by atoms with E-state index in [1.54, 1.807) is 20.8 Å². The van der Waals surface area contributed by atoms with Gasteiger partial charge in [-0.1, -0.05) is 64.7 Å². The number of carbonyl (C=O) groups is 3. The summed E-state index contributed by atoms with van der Waals surface area (Å²) in [7, 11) is -1.93. The predicted molar refractivity (Wildman–Crippen MR) is 201 cm³/mol. The van der Waals surface area contributed by atoms with Crippen molar-refractivity contribution in [2.45, 2.75) is 146 Å². The minimum absolute atomic E-state index is 0.0586. The molecule has 0 saturated heterocycles. The Morgan fingerprint density at radius 2 is 0.750 bits per heavy atom. The number of carbonyl (C=O) groups excluding carboxylic acids is 3. The third-order valence-electron chi connectivity index (χ3n) is 11.7. The second kappa shape index (κ2) is 18.8. The van der Waals surface area contributed by atoms with Crippen LogP contribution >= 0.6 is 0 Å². The van der Waals surface area contributed by atoms with Crippen LogP contribution in [0, 0.1) is 0 Å². The number of hydrogen-bond acceptors (Lipinski definition) is 6. The molecule has 0 aliphatic heterocycles. The first-order valence-corrected chi connectivity index (χ1v) is 33.1. The molecule has 0 radical (unpaired) electrons. The predicted octanol–water partition coefficient (Wildman–Crippen LogP) is -0.0602. The molecule has 44 heavy (non-hydrogen) atoms. The smallest absolute Gasteiger partial charge is 0.211 e. The quantitative estimate of drug-likeness (QED) is 0.206. The molecule has 3 amide bonds. The highest BCUT2D eigenvalue weighted by Crippen LogP contribution is 2.39. The van der Waals surface area contributed by atoms with Crippen LogP contribution in [-0.4, -0.2) is 124 Å². The Morgan fingerprint density at radius 1 is 0.523 bits per heavy atom. The average Bonchev–Trinajstić information content (AvgIpc) is 3.02. The first-order chi connectivity index (χ1) is 21.0. The monoisotopic (exact) mass is 714 g/mol. The standard InChI is InChI=1S/C29H66N6O3Si6/c1-23(36)33(5)42(39-30-26-17-11-8-12-18-26)29(4,43(34(6)24(2)37)40-31-27-19-13-9-14-20-27)44(35(7)25(3)38)41-32-28-21-15-10-16-22-28/h26-28,30-32,42-44H,8-22,39-41H2,1-7H3. The minimum Gasteiger partial charge on any atom is -0.376 e. The molecule has 3 atom stereocenters. The summed E-state index contributed by atoms with van der Waals surface area (Å²) >= 11 is 0. The Bertz CT molecular complexity index is 808. The first kappa shape index (κ1) is 38.0. The van der Waals surface area contributed by atoms with Gasteiger partial charge in [0.2, 0.25) is 17.7 Å². The van der Waals surface area contributed by atoms with Crippen molar-refractivity contribution < 1.29 is 14.4 Å². The van der Waals surface area contributed by atoms with Gasteiger partial charge in [-0.2, -0.15) is 0 Å². The number of rotatable bonds is 15. The highest BCUT2D eigenvalue weighted by atomic mass is 29.2. The van der Waals surface area contributed by atoms with E-state index in [2.05, 4.69) is 56.7 Å². The molecule has 0 bridgehead atoms. The Hall–Kier alpha value is -0.409. The van der Waals surface area contributed by atoms with E-state index in [0.29, 0.717) is 18.1 Å². The highest BCUT2D eigenvalue weighted by molar-refractivity contribution is 7.36. The molecule has 3 N–H and O–H groups in total. The fraction of sp³-hybridized carbons (Fsp3) is 0.897. The minimum atomic E-state index is -1.91. The zero-order valence-electron chi connectivity index (χ0n) is 29.3. The Kier molecular flexibility index (Phi) is 16.3. The lowest BCUT2D eigenvalue weighted by atomic mass is 9.96. The third-order valence-corrected chi connectivity index (χ3v) is 57.3. The summed E-state index contributed by atoms with van der Waals surface area (Å²) in [6.07, 6.45) is 19.2. The van der Waals surface area contributed by atoms with E-state index in [9.17, 15) is 14.4 Å². The first-order valence-electron chi connectivity index (χ1n) is 17.9. The van der Waals surface area contributed by atoms with Gasteiger partial charge in [-0.3, -0.25) is 14.4 Å². The average molecular weight is 715 g/mol. The van der Waals surface area contributed by atoms with E-state index in [4.69, 9.17) is 0 Å². The van der Waals surface area contributed by atoms with Crippen molar-refractivity contribution >= 4 is 70.7 Å². The fourth-order valence-corrected chi connectivity index (χ4v) is 70.4. The number of nitrogens with one attached hydrogen (secondary N) is 3. The zero-order chi connectivity index (χ0) is 32.3. The number of hydrogen-bond donors (Lipinski definition) is 3. The summed E-state index contributed by atoms with van der Waals surface area (Å²) in [5, 5.41) is 0. The van der Waals surface area contributed by atoms with Crippen molar-refractivity contribution in [3.05, 3.63) is 0 Å². The Labute approximate surface area is 280 Å². The van der Waals surface area contributed by atoms with Gasteiger partial charge < -0.3 is 28.6 Å². The van der Waals surface area contributed by atoms with E-state index >= 15 is 0 Å². The summed E-state index contributed by atoms with van der Waals surface area (Å²) in [4.78, 5) is 52.6. The van der Waals surface area contributed by atoms with Crippen LogP contribution < -0.4 is 14.9 Å². The van der Waals surface area contributed by atoms with Crippen molar-refractivity contribution in [1.29, 1.82) is 0 Å². The van der Waals surface area contributed by atoms with Gasteiger partial charge in [-0.25, -0.2) is 0 Å². The van der Waals surface area contributed by atoms with E-state index in [1.807, 2.05) is 0 Å². The molecule has 0 aromatic rings. The van der Waals surface area contributed by atoms with Crippen LogP contribution in [0.2, 0.25) is 4.28 Å². The van der Waals surface area contributed by atoms with Crippen LogP contribution in [0.15, 0.2) is 0 Å². The van der Waals surface area contributed by atoms with Crippen LogP contribution in [0.1, 0.15) is 124 Å². The lowest BCUT2D eigenvalue weighted by Gasteiger charge is -2.54. The summed E-state index contributed by atoms with van der Waals surface area (Å²) in [5.74, 6) is 0.517. The molecule has 0 spiro atoms. The van der Waals surface area contributed by atoms with Crippen LogP contribution in [0.25, 0.3) is 0 Å². The van der Waals surface area contributed by atoms with E-state index in [0.717, 1.165) is 0 Å². The SMILES string of the molecule is CC(=O)N(C)[SiH]([SiH2]NC1CCCCC1)C(C)([SiH]([SiH2]NC1CCCCC1)N(C)C(C)=O)[SiH]([SiH2]NC1CCCCC1)N(C)C(C)=O. The largest absolute Gasteiger partial charge is 0.376 e. The summed E-state index contributed by atoms with van der Waals surface area (Å²) in [6, 6.07) is 1.71. The van der Waals surface area contributed by atoms with Gasteiger partial charge in [0.25, 0.3) is 0 Å². The van der Waals surface area contributed by atoms with E-state index < -0.39 is 53.0 Å². The van der Waals surface area contributed by atoms with Gasteiger partial charge >= 0.3 is 0 Å². The second-order valence-electron chi connectivity index (χ2n) is 14.5. The maximum absolute atomic E-state index is 13.4. The van der Waals surface area contributed by atoms with Gasteiger partial charge in [0.15, 0.2) is 0 Å². The molecule has 3 aliphatic carbocycles. The van der Waals surface area contributed by atoms with Crippen LogP contribution in [0.5, 0.6) is 0 Å². The molecule has 0 aromatic heterocycles. The number of nitrogens with zero attached hydrogens (tertiary/aromatic N) is 3. The van der Waals surface area contributed by atoms with Crippen molar-refractivity contribution in [3.8, 4) is 0 Å². The highest BCUT2D eigenvalue weighted by Gasteiger charge is 2.56. The summed E-state index contributed by atoms with van der Waals surface area (Å²) in [5.41, 5.74) is 0. The molecule has 3 unspecified atom stereocenters. The van der Waals surface area contributed by atoms with Gasteiger partial charge in [-0.05, 0) is 82.1 Å². The molecule has 254 valence electrons. The van der Waals surface area contributed by atoms with Crippen molar-refractivity contribution in [1.82, 2.24) is 28.6 Å². The molecular formula is C29H66N6O3Si6. The van der Waals surface area contributed by atoms with E-state index in [1.165, 1.54) is 96.3 Å². The van der Waals surface area contributed by atoms with Crippen molar-refractivity contribution in [3.63, 3.8) is 0 Å². The molecule has 3 fully saturated rings.